The maximum Gasteiger partial charge on any atom is 0.295 e. The van der Waals surface area contributed by atoms with Gasteiger partial charge in [-0.3, -0.25) is 4.79 Å². The molecule has 1 aliphatic rings. The van der Waals surface area contributed by atoms with Crippen LogP contribution in [0, 0.1) is 0 Å². The number of carbonyl (C=O) groups is 1. The molecule has 0 spiro atoms. The van der Waals surface area contributed by atoms with Gasteiger partial charge in [0.15, 0.2) is 0 Å². The van der Waals surface area contributed by atoms with E-state index < -0.39 is 0 Å². The zero-order chi connectivity index (χ0) is 9.26. The largest absolute Gasteiger partial charge is 0.394 e. The normalized spacial score (nSPS) is 20.1. The molecular formula is C9H8N2O2. The minimum absolute atomic E-state index is 0.117. The van der Waals surface area contributed by atoms with Crippen molar-refractivity contribution in [3.63, 3.8) is 0 Å². The molecule has 0 aliphatic carbocycles. The fourth-order valence-electron chi connectivity index (χ4n) is 1.36. The highest BCUT2D eigenvalue weighted by atomic mass is 16.3. The average molecular weight is 176 g/mol. The van der Waals surface area contributed by atoms with E-state index in [1.807, 2.05) is 6.07 Å². The highest BCUT2D eigenvalue weighted by Gasteiger charge is 2.22. The molecule has 0 bridgehead atoms. The second kappa shape index (κ2) is 3.06. The summed E-state index contributed by atoms with van der Waals surface area (Å²) < 4.78 is 0. The van der Waals surface area contributed by atoms with Crippen LogP contribution >= 0.6 is 0 Å². The molecule has 1 aromatic rings. The van der Waals surface area contributed by atoms with Crippen LogP contribution in [0.2, 0.25) is 0 Å². The number of azo groups is 1. The molecule has 0 fully saturated rings. The third-order valence-corrected chi connectivity index (χ3v) is 2.01. The quantitative estimate of drug-likeness (QED) is 0.701. The molecule has 1 unspecified atom stereocenters. The molecule has 1 heterocycles. The number of carbonyl (C=O) groups excluding carboxylic acids is 1. The Kier molecular flexibility index (Phi) is 1.90. The van der Waals surface area contributed by atoms with Crippen LogP contribution in [0.15, 0.2) is 34.5 Å². The van der Waals surface area contributed by atoms with E-state index in [0.717, 1.165) is 5.56 Å². The number of amides is 1. The van der Waals surface area contributed by atoms with E-state index in [2.05, 4.69) is 10.2 Å². The highest BCUT2D eigenvalue weighted by molar-refractivity contribution is 5.96. The standard InChI is InChI=1S/C9H8N2O2/c12-5-8-6-3-1-2-4-7(6)9(13)11-10-8/h1-4,8,12H,5H2. The lowest BCUT2D eigenvalue weighted by Gasteiger charge is -2.15. The van der Waals surface area contributed by atoms with Crippen molar-refractivity contribution in [1.29, 1.82) is 0 Å². The first-order chi connectivity index (χ1) is 6.33. The summed E-state index contributed by atoms with van der Waals surface area (Å²) in [6.45, 7) is -0.117. The predicted octanol–water partition coefficient (Wildman–Crippen LogP) is 1.33. The maximum atomic E-state index is 11.2. The van der Waals surface area contributed by atoms with Gasteiger partial charge in [-0.2, -0.15) is 5.11 Å². The van der Waals surface area contributed by atoms with Gasteiger partial charge in [0.05, 0.1) is 6.61 Å². The summed E-state index contributed by atoms with van der Waals surface area (Å²) in [6.07, 6.45) is 0. The Balaban J connectivity index is 2.54. The fourth-order valence-corrected chi connectivity index (χ4v) is 1.36. The lowest BCUT2D eigenvalue weighted by molar-refractivity contribution is 0.0981. The number of fused-ring (bicyclic) bond motifs is 1. The van der Waals surface area contributed by atoms with Gasteiger partial charge in [-0.1, -0.05) is 18.2 Å². The third kappa shape index (κ3) is 1.25. The molecule has 0 saturated carbocycles. The molecule has 1 aromatic carbocycles. The minimum atomic E-state index is -0.381. The summed E-state index contributed by atoms with van der Waals surface area (Å²) in [5, 5.41) is 16.1. The molecule has 66 valence electrons. The first-order valence-corrected chi connectivity index (χ1v) is 3.98. The molecule has 2 rings (SSSR count). The minimum Gasteiger partial charge on any atom is -0.394 e. The molecule has 4 heteroatoms. The first kappa shape index (κ1) is 8.07. The summed E-state index contributed by atoms with van der Waals surface area (Å²) in [7, 11) is 0. The second-order valence-electron chi connectivity index (χ2n) is 2.81. The molecule has 0 radical (unpaired) electrons. The van der Waals surface area contributed by atoms with E-state index in [-0.39, 0.29) is 18.6 Å². The van der Waals surface area contributed by atoms with Gasteiger partial charge in [-0.15, -0.1) is 5.11 Å². The van der Waals surface area contributed by atoms with Crippen molar-refractivity contribution in [2.75, 3.05) is 6.61 Å². The zero-order valence-electron chi connectivity index (χ0n) is 6.84. The number of hydrogen-bond acceptors (Lipinski definition) is 3. The van der Waals surface area contributed by atoms with Crippen molar-refractivity contribution < 1.29 is 9.90 Å². The molecule has 0 aromatic heterocycles. The van der Waals surface area contributed by atoms with Gasteiger partial charge in [-0.25, -0.2) is 0 Å². The van der Waals surface area contributed by atoms with Gasteiger partial charge < -0.3 is 5.11 Å². The van der Waals surface area contributed by atoms with Crippen LogP contribution < -0.4 is 0 Å². The maximum absolute atomic E-state index is 11.2. The second-order valence-corrected chi connectivity index (χ2v) is 2.81. The Bertz CT molecular complexity index is 374. The van der Waals surface area contributed by atoms with E-state index in [1.54, 1.807) is 18.2 Å². The van der Waals surface area contributed by atoms with Crippen LogP contribution in [0.4, 0.5) is 0 Å². The Morgan fingerprint density at radius 1 is 1.38 bits per heavy atom. The van der Waals surface area contributed by atoms with Crippen LogP contribution in [-0.4, -0.2) is 17.6 Å². The lowest BCUT2D eigenvalue weighted by Crippen LogP contribution is -2.12. The number of hydrogen-bond donors (Lipinski definition) is 1. The Hall–Kier alpha value is -1.55. The lowest BCUT2D eigenvalue weighted by atomic mass is 10.00. The van der Waals surface area contributed by atoms with Crippen molar-refractivity contribution in [2.24, 2.45) is 10.2 Å². The summed E-state index contributed by atoms with van der Waals surface area (Å²) in [6, 6.07) is 6.68. The smallest absolute Gasteiger partial charge is 0.295 e. The Labute approximate surface area is 74.9 Å². The first-order valence-electron chi connectivity index (χ1n) is 3.98. The van der Waals surface area contributed by atoms with Crippen LogP contribution in [0.1, 0.15) is 22.0 Å². The summed E-state index contributed by atoms with van der Waals surface area (Å²) in [4.78, 5) is 11.2. The zero-order valence-corrected chi connectivity index (χ0v) is 6.84. The molecule has 4 nitrogen and oxygen atoms in total. The van der Waals surface area contributed by atoms with Gasteiger partial charge in [0, 0.05) is 5.56 Å². The average Bonchev–Trinajstić information content (AvgIpc) is 2.19. The summed E-state index contributed by atoms with van der Waals surface area (Å²) in [5.41, 5.74) is 1.29. The molecule has 1 atom stereocenters. The molecular weight excluding hydrogens is 168 g/mol. The van der Waals surface area contributed by atoms with Gasteiger partial charge in [0.1, 0.15) is 6.04 Å². The number of nitrogens with zero attached hydrogens (tertiary/aromatic N) is 2. The highest BCUT2D eigenvalue weighted by Crippen LogP contribution is 2.26. The van der Waals surface area contributed by atoms with Crippen molar-refractivity contribution >= 4 is 5.91 Å². The van der Waals surface area contributed by atoms with Crippen LogP contribution in [-0.2, 0) is 0 Å². The van der Waals surface area contributed by atoms with Crippen molar-refractivity contribution in [3.8, 4) is 0 Å². The van der Waals surface area contributed by atoms with Crippen molar-refractivity contribution in [1.82, 2.24) is 0 Å². The summed E-state index contributed by atoms with van der Waals surface area (Å²) in [5.74, 6) is -0.333. The van der Waals surface area contributed by atoms with Crippen molar-refractivity contribution in [2.45, 2.75) is 6.04 Å². The van der Waals surface area contributed by atoms with Gasteiger partial charge >= 0.3 is 0 Å². The topological polar surface area (TPSA) is 62.0 Å². The fraction of sp³-hybridized carbons (Fsp3) is 0.222. The number of aliphatic hydroxyl groups is 1. The van der Waals surface area contributed by atoms with Crippen LogP contribution in [0.25, 0.3) is 0 Å². The molecule has 1 amide bonds. The summed E-state index contributed by atoms with van der Waals surface area (Å²) >= 11 is 0. The van der Waals surface area contributed by atoms with E-state index in [1.165, 1.54) is 0 Å². The van der Waals surface area contributed by atoms with E-state index in [4.69, 9.17) is 5.11 Å². The molecule has 1 aliphatic heterocycles. The monoisotopic (exact) mass is 176 g/mol. The predicted molar refractivity (Wildman–Crippen MR) is 45.5 cm³/mol. The number of benzene rings is 1. The van der Waals surface area contributed by atoms with Crippen LogP contribution in [0.5, 0.6) is 0 Å². The van der Waals surface area contributed by atoms with E-state index in [0.29, 0.717) is 5.56 Å². The Morgan fingerprint density at radius 3 is 2.92 bits per heavy atom. The van der Waals surface area contributed by atoms with Gasteiger partial charge in [0.2, 0.25) is 0 Å². The van der Waals surface area contributed by atoms with Crippen molar-refractivity contribution in [3.05, 3.63) is 35.4 Å². The molecule has 1 N–H and O–H groups in total. The van der Waals surface area contributed by atoms with Gasteiger partial charge in [0.25, 0.3) is 5.91 Å². The van der Waals surface area contributed by atoms with Crippen LogP contribution in [0.3, 0.4) is 0 Å². The molecule has 0 saturated heterocycles. The number of rotatable bonds is 1. The van der Waals surface area contributed by atoms with Gasteiger partial charge in [-0.05, 0) is 11.6 Å². The number of aliphatic hydroxyl groups excluding tert-OH is 1. The third-order valence-electron chi connectivity index (χ3n) is 2.01. The molecule has 13 heavy (non-hydrogen) atoms. The van der Waals surface area contributed by atoms with E-state index >= 15 is 0 Å². The van der Waals surface area contributed by atoms with E-state index in [9.17, 15) is 4.79 Å². The SMILES string of the molecule is O=C1N=NC(CO)c2ccccc21. The Morgan fingerprint density at radius 2 is 2.15 bits per heavy atom.